The van der Waals surface area contributed by atoms with Crippen molar-refractivity contribution in [3.05, 3.63) is 63.1 Å². The van der Waals surface area contributed by atoms with Gasteiger partial charge in [0.05, 0.1) is 6.04 Å². The summed E-state index contributed by atoms with van der Waals surface area (Å²) in [5.41, 5.74) is 0.760. The first-order valence-corrected chi connectivity index (χ1v) is 8.04. The Labute approximate surface area is 137 Å². The molecule has 0 radical (unpaired) electrons. The summed E-state index contributed by atoms with van der Waals surface area (Å²) in [4.78, 5) is 26.3. The smallest absolute Gasteiger partial charge is 0.336 e. The monoisotopic (exact) mass is 328 g/mol. The molecule has 3 rings (SSSR count). The molecule has 5 nitrogen and oxygen atoms in total. The van der Waals surface area contributed by atoms with Gasteiger partial charge in [0, 0.05) is 29.1 Å². The molecule has 0 aliphatic carbocycles. The molecule has 2 heterocycles. The van der Waals surface area contributed by atoms with Gasteiger partial charge < -0.3 is 14.6 Å². The van der Waals surface area contributed by atoms with Crippen molar-refractivity contribution in [2.75, 3.05) is 12.4 Å². The zero-order valence-corrected chi connectivity index (χ0v) is 13.6. The highest BCUT2D eigenvalue weighted by Gasteiger charge is 2.18. The lowest BCUT2D eigenvalue weighted by Crippen LogP contribution is -2.33. The molecule has 2 amide bonds. The van der Waals surface area contributed by atoms with Crippen LogP contribution in [0.3, 0.4) is 0 Å². The maximum atomic E-state index is 12.4. The van der Waals surface area contributed by atoms with Gasteiger partial charge in [-0.3, -0.25) is 0 Å². The zero-order chi connectivity index (χ0) is 16.4. The number of rotatable bonds is 3. The molecule has 0 unspecified atom stereocenters. The topological polar surface area (TPSA) is 62.6 Å². The lowest BCUT2D eigenvalue weighted by atomic mass is 10.2. The van der Waals surface area contributed by atoms with Crippen LogP contribution in [0.25, 0.3) is 11.0 Å². The van der Waals surface area contributed by atoms with E-state index in [2.05, 4.69) is 5.32 Å². The summed E-state index contributed by atoms with van der Waals surface area (Å²) in [5.74, 6) is 0. The van der Waals surface area contributed by atoms with Gasteiger partial charge in [0.25, 0.3) is 0 Å². The highest BCUT2D eigenvalue weighted by molar-refractivity contribution is 7.10. The maximum absolute atomic E-state index is 12.4. The lowest BCUT2D eigenvalue weighted by molar-refractivity contribution is 0.209. The average Bonchev–Trinajstić information content (AvgIpc) is 3.08. The molecule has 0 fully saturated rings. The van der Waals surface area contributed by atoms with Gasteiger partial charge in [-0.2, -0.15) is 0 Å². The van der Waals surface area contributed by atoms with Crippen LogP contribution in [0.2, 0.25) is 0 Å². The third-order valence-corrected chi connectivity index (χ3v) is 4.77. The van der Waals surface area contributed by atoms with Crippen LogP contribution in [-0.2, 0) is 0 Å². The number of hydrogen-bond donors (Lipinski definition) is 1. The summed E-state index contributed by atoms with van der Waals surface area (Å²) >= 11 is 1.62. The largest absolute Gasteiger partial charge is 0.423 e. The molecular formula is C17H16N2O3S. The van der Waals surface area contributed by atoms with Gasteiger partial charge in [-0.15, -0.1) is 11.3 Å². The second-order valence-corrected chi connectivity index (χ2v) is 6.22. The van der Waals surface area contributed by atoms with Gasteiger partial charge in [-0.05, 0) is 42.6 Å². The number of thiophene rings is 1. The Hall–Kier alpha value is -2.60. The SMILES string of the molecule is C[C@H](c1cccs1)N(C)C(=O)Nc1ccc2oc(=O)ccc2c1. The Balaban J connectivity index is 1.77. The van der Waals surface area contributed by atoms with Gasteiger partial charge in [0.1, 0.15) is 5.58 Å². The predicted molar refractivity (Wildman–Crippen MR) is 92.0 cm³/mol. The first-order valence-electron chi connectivity index (χ1n) is 7.16. The van der Waals surface area contributed by atoms with Crippen molar-refractivity contribution in [1.82, 2.24) is 4.90 Å². The van der Waals surface area contributed by atoms with E-state index in [1.54, 1.807) is 47.5 Å². The number of anilines is 1. The van der Waals surface area contributed by atoms with Crippen molar-refractivity contribution < 1.29 is 9.21 Å². The molecule has 6 heteroatoms. The highest BCUT2D eigenvalue weighted by atomic mass is 32.1. The van der Waals surface area contributed by atoms with E-state index in [9.17, 15) is 9.59 Å². The van der Waals surface area contributed by atoms with E-state index in [-0.39, 0.29) is 12.1 Å². The van der Waals surface area contributed by atoms with Crippen molar-refractivity contribution in [2.24, 2.45) is 0 Å². The highest BCUT2D eigenvalue weighted by Crippen LogP contribution is 2.24. The zero-order valence-electron chi connectivity index (χ0n) is 12.8. The second kappa shape index (κ2) is 6.26. The van der Waals surface area contributed by atoms with E-state index in [0.29, 0.717) is 11.3 Å². The number of hydrogen-bond acceptors (Lipinski definition) is 4. The maximum Gasteiger partial charge on any atom is 0.336 e. The minimum Gasteiger partial charge on any atom is -0.423 e. The fourth-order valence-electron chi connectivity index (χ4n) is 2.26. The second-order valence-electron chi connectivity index (χ2n) is 5.24. The number of fused-ring (bicyclic) bond motifs is 1. The molecule has 0 aliphatic heterocycles. The van der Waals surface area contributed by atoms with Crippen LogP contribution in [-0.4, -0.2) is 18.0 Å². The number of carbonyl (C=O) groups is 1. The Morgan fingerprint density at radius 3 is 2.83 bits per heavy atom. The van der Waals surface area contributed by atoms with Gasteiger partial charge in [0.15, 0.2) is 0 Å². The van der Waals surface area contributed by atoms with Crippen LogP contribution in [0.15, 0.2) is 57.1 Å². The summed E-state index contributed by atoms with van der Waals surface area (Å²) in [6.45, 7) is 1.99. The van der Waals surface area contributed by atoms with Crippen LogP contribution in [0.5, 0.6) is 0 Å². The van der Waals surface area contributed by atoms with E-state index in [0.717, 1.165) is 10.3 Å². The molecule has 0 spiro atoms. The van der Waals surface area contributed by atoms with E-state index in [4.69, 9.17) is 4.42 Å². The fourth-order valence-corrected chi connectivity index (χ4v) is 3.08. The molecule has 3 aromatic rings. The van der Waals surface area contributed by atoms with Crippen molar-refractivity contribution in [2.45, 2.75) is 13.0 Å². The number of benzene rings is 1. The Kier molecular flexibility index (Phi) is 4.16. The molecular weight excluding hydrogens is 312 g/mol. The van der Waals surface area contributed by atoms with Crippen molar-refractivity contribution in [3.8, 4) is 0 Å². The Morgan fingerprint density at radius 1 is 1.26 bits per heavy atom. The molecule has 0 saturated heterocycles. The summed E-state index contributed by atoms with van der Waals surface area (Å²) in [5, 5.41) is 5.62. The van der Waals surface area contributed by atoms with E-state index < -0.39 is 5.63 Å². The van der Waals surface area contributed by atoms with Crippen molar-refractivity contribution >= 4 is 34.0 Å². The molecule has 1 atom stereocenters. The molecule has 0 aliphatic rings. The molecule has 118 valence electrons. The predicted octanol–water partition coefficient (Wildman–Crippen LogP) is 4.08. The molecule has 1 N–H and O–H groups in total. The van der Waals surface area contributed by atoms with E-state index in [1.165, 1.54) is 6.07 Å². The minimum atomic E-state index is -0.390. The molecule has 1 aromatic carbocycles. The molecule has 2 aromatic heterocycles. The summed E-state index contributed by atoms with van der Waals surface area (Å²) < 4.78 is 5.08. The first kappa shape index (κ1) is 15.3. The third-order valence-electron chi connectivity index (χ3n) is 3.73. The van der Waals surface area contributed by atoms with Crippen molar-refractivity contribution in [1.29, 1.82) is 0 Å². The molecule has 0 saturated carbocycles. The van der Waals surface area contributed by atoms with E-state index >= 15 is 0 Å². The number of urea groups is 1. The molecule has 0 bridgehead atoms. The standard InChI is InChI=1S/C17H16N2O3S/c1-11(15-4-3-9-23-15)19(2)17(21)18-13-6-7-14-12(10-13)5-8-16(20)22-14/h3-11H,1-2H3,(H,18,21)/t11-/m1/s1. The van der Waals surface area contributed by atoms with Crippen molar-refractivity contribution in [3.63, 3.8) is 0 Å². The Morgan fingerprint density at radius 2 is 2.09 bits per heavy atom. The molecule has 23 heavy (non-hydrogen) atoms. The summed E-state index contributed by atoms with van der Waals surface area (Å²) in [6, 6.07) is 12.0. The van der Waals surface area contributed by atoms with Crippen LogP contribution < -0.4 is 10.9 Å². The van der Waals surface area contributed by atoms with Gasteiger partial charge in [-0.1, -0.05) is 6.07 Å². The number of nitrogens with one attached hydrogen (secondary N) is 1. The van der Waals surface area contributed by atoms with Crippen LogP contribution in [0.1, 0.15) is 17.8 Å². The lowest BCUT2D eigenvalue weighted by Gasteiger charge is -2.24. The van der Waals surface area contributed by atoms with Crippen LogP contribution in [0, 0.1) is 0 Å². The van der Waals surface area contributed by atoms with E-state index in [1.807, 2.05) is 24.4 Å². The first-order chi connectivity index (χ1) is 11.0. The third kappa shape index (κ3) is 3.27. The van der Waals surface area contributed by atoms with Gasteiger partial charge in [-0.25, -0.2) is 9.59 Å². The normalized spacial score (nSPS) is 12.1. The number of carbonyl (C=O) groups excluding carboxylic acids is 1. The fraction of sp³-hybridized carbons (Fsp3) is 0.176. The van der Waals surface area contributed by atoms with Gasteiger partial charge >= 0.3 is 11.7 Å². The summed E-state index contributed by atoms with van der Waals surface area (Å²) in [6.07, 6.45) is 0. The number of amides is 2. The quantitative estimate of drug-likeness (QED) is 0.737. The van der Waals surface area contributed by atoms with Crippen LogP contribution in [0.4, 0.5) is 10.5 Å². The minimum absolute atomic E-state index is 0.00604. The Bertz CT molecular complexity index is 886. The van der Waals surface area contributed by atoms with Crippen LogP contribution >= 0.6 is 11.3 Å². The van der Waals surface area contributed by atoms with Gasteiger partial charge in [0.2, 0.25) is 0 Å². The summed E-state index contributed by atoms with van der Waals surface area (Å²) in [7, 11) is 1.76. The average molecular weight is 328 g/mol. The number of nitrogens with zero attached hydrogens (tertiary/aromatic N) is 1.